The number of nitro groups is 1. The van der Waals surface area contributed by atoms with Crippen LogP contribution in [0, 0.1) is 10.1 Å². The molecule has 0 atom stereocenters. The molecule has 0 unspecified atom stereocenters. The van der Waals surface area contributed by atoms with Crippen LogP contribution in [0.25, 0.3) is 0 Å². The first-order valence-electron chi connectivity index (χ1n) is 8.95. The van der Waals surface area contributed by atoms with E-state index in [-0.39, 0.29) is 17.7 Å². The normalized spacial score (nSPS) is 10.1. The van der Waals surface area contributed by atoms with Crippen molar-refractivity contribution in [2.75, 3.05) is 32.6 Å². The zero-order valence-electron chi connectivity index (χ0n) is 17.0. The van der Waals surface area contributed by atoms with E-state index >= 15 is 0 Å². The predicted octanol–water partition coefficient (Wildman–Crippen LogP) is 2.29. The van der Waals surface area contributed by atoms with Gasteiger partial charge in [0.2, 0.25) is 5.91 Å². The van der Waals surface area contributed by atoms with Gasteiger partial charge in [-0.15, -0.1) is 0 Å². The third kappa shape index (κ3) is 6.51. The number of nitrogens with zero attached hydrogens (tertiary/aromatic N) is 2. The van der Waals surface area contributed by atoms with Crippen molar-refractivity contribution in [1.29, 1.82) is 0 Å². The highest BCUT2D eigenvalue weighted by Crippen LogP contribution is 2.20. The first-order chi connectivity index (χ1) is 15.1. The molecule has 0 saturated heterocycles. The summed E-state index contributed by atoms with van der Waals surface area (Å²) in [6, 6.07) is 9.44. The summed E-state index contributed by atoms with van der Waals surface area (Å²) < 4.78 is 9.38. The van der Waals surface area contributed by atoms with Crippen LogP contribution in [-0.2, 0) is 19.1 Å². The minimum atomic E-state index is -1.07. The Bertz CT molecular complexity index is 1070. The highest BCUT2D eigenvalue weighted by Gasteiger charge is 2.21. The minimum Gasteiger partial charge on any atom is -0.465 e. The molecule has 2 aromatic carbocycles. The average molecular weight is 464 g/mol. The number of hydrogen-bond donors (Lipinski definition) is 1. The second-order valence-corrected chi connectivity index (χ2v) is 6.78. The highest BCUT2D eigenvalue weighted by molar-refractivity contribution is 6.33. The van der Waals surface area contributed by atoms with Gasteiger partial charge in [0, 0.05) is 19.2 Å². The number of carbonyl (C=O) groups excluding carboxylic acids is 4. The van der Waals surface area contributed by atoms with Gasteiger partial charge in [-0.1, -0.05) is 23.7 Å². The number of nitro benzene ring substituents is 1. The first kappa shape index (κ1) is 24.3. The molecule has 1 N–H and O–H groups in total. The van der Waals surface area contributed by atoms with Gasteiger partial charge < -0.3 is 19.7 Å². The summed E-state index contributed by atoms with van der Waals surface area (Å²) in [6.07, 6.45) is 0. The molecular weight excluding hydrogens is 446 g/mol. The van der Waals surface area contributed by atoms with Crippen molar-refractivity contribution < 1.29 is 33.6 Å². The average Bonchev–Trinajstić information content (AvgIpc) is 2.77. The molecule has 168 valence electrons. The Morgan fingerprint density at radius 3 is 2.31 bits per heavy atom. The van der Waals surface area contributed by atoms with Crippen molar-refractivity contribution in [3.63, 3.8) is 0 Å². The van der Waals surface area contributed by atoms with Gasteiger partial charge in [0.05, 0.1) is 40.4 Å². The highest BCUT2D eigenvalue weighted by atomic mass is 35.5. The smallest absolute Gasteiger partial charge is 0.338 e. The van der Waals surface area contributed by atoms with Crippen molar-refractivity contribution in [3.8, 4) is 0 Å². The fraction of sp³-hybridized carbons (Fsp3) is 0.200. The fourth-order valence-corrected chi connectivity index (χ4v) is 2.63. The zero-order chi connectivity index (χ0) is 23.8. The number of benzene rings is 2. The Kier molecular flexibility index (Phi) is 8.24. The molecule has 0 saturated carbocycles. The van der Waals surface area contributed by atoms with Crippen LogP contribution in [0.5, 0.6) is 0 Å². The van der Waals surface area contributed by atoms with Gasteiger partial charge in [0.25, 0.3) is 11.6 Å². The van der Waals surface area contributed by atoms with Gasteiger partial charge in [-0.2, -0.15) is 0 Å². The summed E-state index contributed by atoms with van der Waals surface area (Å²) >= 11 is 5.96. The molecule has 0 bridgehead atoms. The SMILES string of the molecule is COC(=O)c1cc(C(=O)OCC(=O)N(C)CC(=O)Nc2ccccc2Cl)cc([N+](=O)[O-])c1. The molecule has 11 nitrogen and oxygen atoms in total. The van der Waals surface area contributed by atoms with Crippen molar-refractivity contribution in [2.45, 2.75) is 0 Å². The van der Waals surface area contributed by atoms with Gasteiger partial charge in [-0.05, 0) is 18.2 Å². The number of rotatable bonds is 8. The van der Waals surface area contributed by atoms with E-state index in [1.807, 2.05) is 0 Å². The lowest BCUT2D eigenvalue weighted by Gasteiger charge is -2.17. The summed E-state index contributed by atoms with van der Waals surface area (Å²) in [7, 11) is 2.40. The molecule has 0 radical (unpaired) electrons. The quantitative estimate of drug-likeness (QED) is 0.356. The Morgan fingerprint density at radius 1 is 1.09 bits per heavy atom. The number of nitrogens with one attached hydrogen (secondary N) is 1. The Hall–Kier alpha value is -3.99. The molecule has 2 aromatic rings. The molecule has 2 amide bonds. The van der Waals surface area contributed by atoms with Crippen LogP contribution >= 0.6 is 11.6 Å². The van der Waals surface area contributed by atoms with Crippen LogP contribution < -0.4 is 5.32 Å². The summed E-state index contributed by atoms with van der Waals surface area (Å²) in [4.78, 5) is 59.5. The topological polar surface area (TPSA) is 145 Å². The van der Waals surface area contributed by atoms with Crippen molar-refractivity contribution >= 4 is 46.7 Å². The summed E-state index contributed by atoms with van der Waals surface area (Å²) in [5, 5.41) is 13.9. The van der Waals surface area contributed by atoms with Gasteiger partial charge in [0.15, 0.2) is 6.61 Å². The molecular formula is C20H18ClN3O8. The molecule has 12 heteroatoms. The summed E-state index contributed by atoms with van der Waals surface area (Å²) in [5.41, 5.74) is -0.696. The van der Waals surface area contributed by atoms with E-state index < -0.39 is 41.0 Å². The third-order valence-electron chi connectivity index (χ3n) is 4.07. The van der Waals surface area contributed by atoms with Crippen LogP contribution in [0.4, 0.5) is 11.4 Å². The molecule has 0 aliphatic heterocycles. The van der Waals surface area contributed by atoms with E-state index in [2.05, 4.69) is 10.1 Å². The molecule has 0 spiro atoms. The maximum absolute atomic E-state index is 12.2. The third-order valence-corrected chi connectivity index (χ3v) is 4.40. The first-order valence-corrected chi connectivity index (χ1v) is 9.33. The Morgan fingerprint density at radius 2 is 1.72 bits per heavy atom. The van der Waals surface area contributed by atoms with Crippen molar-refractivity contribution in [3.05, 3.63) is 68.7 Å². The standard InChI is InChI=1S/C20H18ClN3O8/c1-23(10-17(25)22-16-6-4-3-5-15(16)21)18(26)11-32-20(28)13-7-12(19(27)31-2)8-14(9-13)24(29)30/h3-9H,10-11H2,1-2H3,(H,22,25). The largest absolute Gasteiger partial charge is 0.465 e. The van der Waals surface area contributed by atoms with E-state index in [0.717, 1.165) is 30.2 Å². The number of halogens is 1. The van der Waals surface area contributed by atoms with Gasteiger partial charge in [0.1, 0.15) is 0 Å². The monoisotopic (exact) mass is 463 g/mol. The van der Waals surface area contributed by atoms with Gasteiger partial charge in [-0.25, -0.2) is 9.59 Å². The zero-order valence-corrected chi connectivity index (χ0v) is 17.7. The van der Waals surface area contributed by atoms with E-state index in [0.29, 0.717) is 10.7 Å². The molecule has 0 heterocycles. The van der Waals surface area contributed by atoms with Crippen LogP contribution in [0.3, 0.4) is 0 Å². The van der Waals surface area contributed by atoms with Crippen LogP contribution in [0.2, 0.25) is 5.02 Å². The molecule has 2 rings (SSSR count). The lowest BCUT2D eigenvalue weighted by molar-refractivity contribution is -0.384. The number of amides is 2. The van der Waals surface area contributed by atoms with Crippen LogP contribution in [-0.4, -0.2) is 60.9 Å². The van der Waals surface area contributed by atoms with E-state index in [1.165, 1.54) is 7.05 Å². The molecule has 0 aromatic heterocycles. The number of carbonyl (C=O) groups is 4. The van der Waals surface area contributed by atoms with Crippen LogP contribution in [0.15, 0.2) is 42.5 Å². The van der Waals surface area contributed by atoms with Gasteiger partial charge >= 0.3 is 11.9 Å². The van der Waals surface area contributed by atoms with Gasteiger partial charge in [-0.3, -0.25) is 19.7 Å². The number of para-hydroxylation sites is 1. The van der Waals surface area contributed by atoms with E-state index in [9.17, 15) is 29.3 Å². The molecule has 32 heavy (non-hydrogen) atoms. The van der Waals surface area contributed by atoms with Crippen molar-refractivity contribution in [1.82, 2.24) is 4.90 Å². The number of ether oxygens (including phenoxy) is 2. The maximum Gasteiger partial charge on any atom is 0.338 e. The second kappa shape index (κ2) is 10.9. The Balaban J connectivity index is 1.98. The predicted molar refractivity (Wildman–Crippen MR) is 112 cm³/mol. The summed E-state index contributed by atoms with van der Waals surface area (Å²) in [6.45, 7) is -1.07. The summed E-state index contributed by atoms with van der Waals surface area (Å²) in [5.74, 6) is -3.18. The number of non-ortho nitro benzene ring substituents is 1. The number of likely N-dealkylation sites (N-methyl/N-ethyl adjacent to an activating group) is 1. The lowest BCUT2D eigenvalue weighted by Crippen LogP contribution is -2.37. The molecule has 0 fully saturated rings. The van der Waals surface area contributed by atoms with Crippen LogP contribution in [0.1, 0.15) is 20.7 Å². The van der Waals surface area contributed by atoms with Crippen molar-refractivity contribution in [2.24, 2.45) is 0 Å². The minimum absolute atomic E-state index is 0.228. The van der Waals surface area contributed by atoms with E-state index in [1.54, 1.807) is 24.3 Å². The number of methoxy groups -OCH3 is 1. The molecule has 0 aliphatic rings. The lowest BCUT2D eigenvalue weighted by atomic mass is 10.1. The molecule has 0 aliphatic carbocycles. The second-order valence-electron chi connectivity index (χ2n) is 6.37. The number of anilines is 1. The number of esters is 2. The number of hydrogen-bond acceptors (Lipinski definition) is 8. The fourth-order valence-electron chi connectivity index (χ4n) is 2.45. The van der Waals surface area contributed by atoms with E-state index in [4.69, 9.17) is 16.3 Å². The Labute approximate surface area is 187 Å². The maximum atomic E-state index is 12.2.